The van der Waals surface area contributed by atoms with Crippen LogP contribution in [0.2, 0.25) is 0 Å². The van der Waals surface area contributed by atoms with Gasteiger partial charge in [-0.25, -0.2) is 0 Å². The van der Waals surface area contributed by atoms with Gasteiger partial charge in [-0.2, -0.15) is 0 Å². The minimum absolute atomic E-state index is 0.116. The molecule has 1 saturated heterocycles. The fourth-order valence-corrected chi connectivity index (χ4v) is 3.66. The molecule has 1 aromatic carbocycles. The van der Waals surface area contributed by atoms with Gasteiger partial charge in [-0.15, -0.1) is 0 Å². The normalized spacial score (nSPS) is 29.6. The van der Waals surface area contributed by atoms with Gasteiger partial charge in [0.05, 0.1) is 19.5 Å². The molecule has 2 aliphatic rings. The molecule has 0 spiro atoms. The molecular weight excluding hydrogens is 314 g/mol. The number of hydrogen-bond acceptors (Lipinski definition) is 6. The highest BCUT2D eigenvalue weighted by Crippen LogP contribution is 2.44. The van der Waals surface area contributed by atoms with E-state index in [1.54, 1.807) is 29.2 Å². The smallest absolute Gasteiger partial charge is 0.297 e. The van der Waals surface area contributed by atoms with Crippen molar-refractivity contribution in [2.75, 3.05) is 19.6 Å². The number of para-hydroxylation sites is 1. The van der Waals surface area contributed by atoms with Crippen LogP contribution in [0, 0.1) is 20.2 Å². The number of ether oxygens (including phenoxy) is 1. The van der Waals surface area contributed by atoms with Gasteiger partial charge >= 0.3 is 0 Å². The first kappa shape index (κ1) is 16.4. The van der Waals surface area contributed by atoms with E-state index in [0.717, 1.165) is 0 Å². The van der Waals surface area contributed by atoms with Gasteiger partial charge in [-0.1, -0.05) is 25.1 Å². The highest BCUT2D eigenvalue weighted by atomic mass is 16.6. The molecule has 8 heteroatoms. The molecule has 1 heterocycles. The van der Waals surface area contributed by atoms with Crippen LogP contribution >= 0.6 is 0 Å². The van der Waals surface area contributed by atoms with Crippen LogP contribution in [0.25, 0.3) is 0 Å². The Hall–Kier alpha value is -2.48. The van der Waals surface area contributed by atoms with Crippen molar-refractivity contribution in [1.82, 2.24) is 4.90 Å². The molecule has 1 fully saturated rings. The molecule has 0 aromatic heterocycles. The number of rotatable bonds is 5. The van der Waals surface area contributed by atoms with Crippen LogP contribution in [-0.4, -0.2) is 45.5 Å². The first-order valence-corrected chi connectivity index (χ1v) is 7.87. The summed E-state index contributed by atoms with van der Waals surface area (Å²) < 4.78 is 5.79. The number of fused-ring (bicyclic) bond motifs is 2. The van der Waals surface area contributed by atoms with Crippen LogP contribution in [0.15, 0.2) is 42.2 Å². The van der Waals surface area contributed by atoms with Crippen molar-refractivity contribution in [3.63, 3.8) is 0 Å². The van der Waals surface area contributed by atoms with Gasteiger partial charge in [-0.05, 0) is 24.8 Å². The van der Waals surface area contributed by atoms with Crippen LogP contribution in [0.1, 0.15) is 19.8 Å². The number of nitro groups is 2. The molecule has 128 valence electrons. The molecule has 1 aromatic rings. The molecule has 0 unspecified atom stereocenters. The first-order chi connectivity index (χ1) is 11.4. The quantitative estimate of drug-likeness (QED) is 0.604. The van der Waals surface area contributed by atoms with Crippen molar-refractivity contribution < 1.29 is 14.6 Å². The number of hydrogen-bond donors (Lipinski definition) is 0. The highest BCUT2D eigenvalue weighted by Gasteiger charge is 2.66. The molecule has 0 amide bonds. The Bertz CT molecular complexity index is 692. The maximum atomic E-state index is 11.9. The molecule has 2 bridgehead atoms. The lowest BCUT2D eigenvalue weighted by atomic mass is 9.71. The van der Waals surface area contributed by atoms with Crippen molar-refractivity contribution >= 4 is 0 Å². The minimum Gasteiger partial charge on any atom is -0.454 e. The Labute approximate surface area is 139 Å². The monoisotopic (exact) mass is 333 g/mol. The second-order valence-electron chi connectivity index (χ2n) is 6.44. The Morgan fingerprint density at radius 3 is 2.46 bits per heavy atom. The van der Waals surface area contributed by atoms with Gasteiger partial charge in [0.25, 0.3) is 5.54 Å². The third kappa shape index (κ3) is 2.52. The number of likely N-dealkylation sites (N-methyl/N-ethyl adjacent to an activating group) is 1. The minimum atomic E-state index is -1.59. The first-order valence-electron chi connectivity index (χ1n) is 7.87. The van der Waals surface area contributed by atoms with E-state index in [2.05, 4.69) is 0 Å². The predicted octanol–water partition coefficient (Wildman–Crippen LogP) is 2.11. The van der Waals surface area contributed by atoms with Crippen molar-refractivity contribution in [1.29, 1.82) is 0 Å². The maximum Gasteiger partial charge on any atom is 0.297 e. The second kappa shape index (κ2) is 5.86. The van der Waals surface area contributed by atoms with Crippen LogP contribution in [0.5, 0.6) is 5.75 Å². The van der Waals surface area contributed by atoms with Crippen molar-refractivity contribution in [2.24, 2.45) is 0 Å². The third-order valence-corrected chi connectivity index (χ3v) is 4.91. The van der Waals surface area contributed by atoms with Gasteiger partial charge in [0.2, 0.25) is 5.54 Å². The van der Waals surface area contributed by atoms with Crippen molar-refractivity contribution in [2.45, 2.75) is 30.8 Å². The number of likely N-dealkylation sites (tertiary alicyclic amines) is 1. The summed E-state index contributed by atoms with van der Waals surface area (Å²) in [6, 6.07) is 8.80. The van der Waals surface area contributed by atoms with E-state index >= 15 is 0 Å². The fraction of sp³-hybridized carbons (Fsp3) is 0.500. The van der Waals surface area contributed by atoms with E-state index in [1.165, 1.54) is 6.08 Å². The molecule has 0 radical (unpaired) electrons. The summed E-state index contributed by atoms with van der Waals surface area (Å²) in [6.45, 7) is 2.71. The summed E-state index contributed by atoms with van der Waals surface area (Å²) in [5, 5.41) is 23.6. The van der Waals surface area contributed by atoms with E-state index < -0.39 is 16.0 Å². The lowest BCUT2D eigenvalue weighted by Crippen LogP contribution is -2.67. The van der Waals surface area contributed by atoms with Crippen molar-refractivity contribution in [3.05, 3.63) is 62.4 Å². The van der Waals surface area contributed by atoms with Crippen molar-refractivity contribution in [3.8, 4) is 5.75 Å². The summed E-state index contributed by atoms with van der Waals surface area (Å²) >= 11 is 0. The van der Waals surface area contributed by atoms with E-state index in [1.807, 2.05) is 13.0 Å². The van der Waals surface area contributed by atoms with Gasteiger partial charge in [0.15, 0.2) is 5.76 Å². The van der Waals surface area contributed by atoms with Crippen LogP contribution < -0.4 is 4.74 Å². The van der Waals surface area contributed by atoms with Gasteiger partial charge in [-0.3, -0.25) is 25.1 Å². The molecule has 24 heavy (non-hydrogen) atoms. The molecule has 1 aliphatic heterocycles. The summed E-state index contributed by atoms with van der Waals surface area (Å²) in [7, 11) is 0. The zero-order chi connectivity index (χ0) is 17.4. The lowest BCUT2D eigenvalue weighted by molar-refractivity contribution is -0.623. The average molecular weight is 333 g/mol. The standard InChI is InChI=1S/C16H19N3O5/c1-2-17-11-15(18(20)21)9-8-14(16(10-15,12-17)19(22)23)24-13-6-4-3-5-7-13/h3-8H,2,9-12H2,1H3/t15-,16-/m1/s1. The number of nitrogens with zero attached hydrogens (tertiary/aromatic N) is 3. The topological polar surface area (TPSA) is 98.8 Å². The van der Waals surface area contributed by atoms with E-state index in [4.69, 9.17) is 4.74 Å². The Balaban J connectivity index is 2.04. The third-order valence-electron chi connectivity index (χ3n) is 4.91. The molecular formula is C16H19N3O5. The number of piperidine rings is 1. The zero-order valence-corrected chi connectivity index (χ0v) is 13.4. The average Bonchev–Trinajstić information content (AvgIpc) is 2.58. The van der Waals surface area contributed by atoms with Gasteiger partial charge in [0, 0.05) is 16.3 Å². The van der Waals surface area contributed by atoms with Crippen LogP contribution in [0.3, 0.4) is 0 Å². The summed E-state index contributed by atoms with van der Waals surface area (Å²) in [5.74, 6) is 0.696. The van der Waals surface area contributed by atoms with E-state index in [-0.39, 0.29) is 36.6 Å². The maximum absolute atomic E-state index is 11.9. The zero-order valence-electron chi connectivity index (χ0n) is 13.4. The van der Waals surface area contributed by atoms with E-state index in [9.17, 15) is 20.2 Å². The number of benzene rings is 1. The molecule has 0 N–H and O–H groups in total. The Morgan fingerprint density at radius 2 is 1.88 bits per heavy atom. The molecule has 3 rings (SSSR count). The molecule has 1 aliphatic carbocycles. The largest absolute Gasteiger partial charge is 0.454 e. The summed E-state index contributed by atoms with van der Waals surface area (Å²) in [4.78, 5) is 24.6. The molecule has 0 saturated carbocycles. The highest BCUT2D eigenvalue weighted by molar-refractivity contribution is 5.30. The van der Waals surface area contributed by atoms with Crippen LogP contribution in [-0.2, 0) is 0 Å². The molecule has 8 nitrogen and oxygen atoms in total. The van der Waals surface area contributed by atoms with Crippen LogP contribution in [0.4, 0.5) is 0 Å². The summed E-state index contributed by atoms with van der Waals surface area (Å²) in [5.41, 5.74) is -2.92. The Morgan fingerprint density at radius 1 is 1.17 bits per heavy atom. The lowest BCUT2D eigenvalue weighted by Gasteiger charge is -2.45. The Kier molecular flexibility index (Phi) is 4.00. The second-order valence-corrected chi connectivity index (χ2v) is 6.44. The van der Waals surface area contributed by atoms with Gasteiger partial charge < -0.3 is 4.74 Å². The van der Waals surface area contributed by atoms with E-state index in [0.29, 0.717) is 12.3 Å². The fourth-order valence-electron chi connectivity index (χ4n) is 3.66. The van der Waals surface area contributed by atoms with Gasteiger partial charge in [0.1, 0.15) is 5.75 Å². The predicted molar refractivity (Wildman–Crippen MR) is 86.0 cm³/mol. The molecule has 2 atom stereocenters. The SMILES string of the molecule is CCN1C[C@@]2([N+](=O)[O-])CC=C(Oc3ccccc3)[C@]([N+](=O)[O-])(C1)C2. The summed E-state index contributed by atoms with van der Waals surface area (Å²) in [6.07, 6.45) is 1.53.